The molecule has 3 N–H and O–H groups in total. The molecule has 0 saturated heterocycles. The Morgan fingerprint density at radius 3 is 2.42 bits per heavy atom. The second-order valence-electron chi connectivity index (χ2n) is 5.15. The predicted molar refractivity (Wildman–Crippen MR) is 75.4 cm³/mol. The number of nitrogens with one attached hydrogen (secondary N) is 1. The molecular formula is C14H21N5. The fraction of sp³-hybridized carbons (Fsp3) is 0.429. The first-order chi connectivity index (χ1) is 9.06. The van der Waals surface area contributed by atoms with Gasteiger partial charge in [0, 0.05) is 25.7 Å². The molecule has 0 bridgehead atoms. The van der Waals surface area contributed by atoms with E-state index in [1.54, 1.807) is 4.68 Å². The van der Waals surface area contributed by atoms with Gasteiger partial charge in [0.15, 0.2) is 0 Å². The van der Waals surface area contributed by atoms with Crippen LogP contribution in [-0.4, -0.2) is 21.0 Å². The Morgan fingerprint density at radius 1 is 1.21 bits per heavy atom. The molecule has 1 aromatic heterocycles. The van der Waals surface area contributed by atoms with Crippen LogP contribution in [0.5, 0.6) is 0 Å². The molecule has 2 aromatic rings. The molecule has 0 saturated carbocycles. The summed E-state index contributed by atoms with van der Waals surface area (Å²) in [6.07, 6.45) is 3.58. The molecule has 1 unspecified atom stereocenters. The molecule has 0 spiro atoms. The second-order valence-corrected chi connectivity index (χ2v) is 5.15. The number of rotatable bonds is 5. The normalized spacial score (nSPS) is 12.6. The molecule has 0 aliphatic carbocycles. The Morgan fingerprint density at radius 2 is 1.89 bits per heavy atom. The van der Waals surface area contributed by atoms with Crippen molar-refractivity contribution in [2.45, 2.75) is 32.7 Å². The maximum atomic E-state index is 5.65. The van der Waals surface area contributed by atoms with Crippen molar-refractivity contribution in [2.24, 2.45) is 12.9 Å². The van der Waals surface area contributed by atoms with Gasteiger partial charge >= 0.3 is 0 Å². The summed E-state index contributed by atoms with van der Waals surface area (Å²) in [4.78, 5) is 0. The smallest absolute Gasteiger partial charge is 0.0843 e. The summed E-state index contributed by atoms with van der Waals surface area (Å²) < 4.78 is 1.71. The first-order valence-corrected chi connectivity index (χ1v) is 6.45. The predicted octanol–water partition coefficient (Wildman–Crippen LogP) is 1.05. The number of nitrogens with zero attached hydrogens (tertiary/aromatic N) is 3. The zero-order valence-electron chi connectivity index (χ0n) is 11.7. The molecule has 0 aliphatic heterocycles. The molecule has 0 aliphatic rings. The second kappa shape index (κ2) is 5.95. The van der Waals surface area contributed by atoms with E-state index in [1.807, 2.05) is 13.2 Å². The van der Waals surface area contributed by atoms with Gasteiger partial charge in [0.1, 0.15) is 0 Å². The number of benzene rings is 1. The fourth-order valence-corrected chi connectivity index (χ4v) is 2.40. The van der Waals surface area contributed by atoms with Crippen LogP contribution < -0.4 is 11.3 Å². The van der Waals surface area contributed by atoms with Crippen LogP contribution in [0.1, 0.15) is 22.4 Å². The lowest BCUT2D eigenvalue weighted by Gasteiger charge is -2.15. The molecule has 102 valence electrons. The average molecular weight is 259 g/mol. The van der Waals surface area contributed by atoms with Crippen LogP contribution in [0.15, 0.2) is 24.4 Å². The lowest BCUT2D eigenvalue weighted by molar-refractivity contribution is 0.517. The Kier molecular flexibility index (Phi) is 4.29. The summed E-state index contributed by atoms with van der Waals surface area (Å²) in [5.41, 5.74) is 7.68. The van der Waals surface area contributed by atoms with Gasteiger partial charge in [-0.05, 0) is 25.8 Å². The Bertz CT molecular complexity index is 526. The number of hydrogen-bond donors (Lipinski definition) is 2. The Balaban J connectivity index is 2.06. The van der Waals surface area contributed by atoms with Crippen LogP contribution in [0.2, 0.25) is 0 Å². The molecule has 2 rings (SSSR count). The zero-order chi connectivity index (χ0) is 13.8. The third-order valence-corrected chi connectivity index (χ3v) is 3.10. The van der Waals surface area contributed by atoms with E-state index >= 15 is 0 Å². The summed E-state index contributed by atoms with van der Waals surface area (Å²) in [5.74, 6) is 5.65. The highest BCUT2D eigenvalue weighted by atomic mass is 15.4. The number of hydrogen-bond acceptors (Lipinski definition) is 4. The fourth-order valence-electron chi connectivity index (χ4n) is 2.40. The molecule has 1 aromatic carbocycles. The maximum Gasteiger partial charge on any atom is 0.0843 e. The third-order valence-electron chi connectivity index (χ3n) is 3.10. The molecule has 19 heavy (non-hydrogen) atoms. The van der Waals surface area contributed by atoms with Crippen LogP contribution in [0.25, 0.3) is 0 Å². The zero-order valence-corrected chi connectivity index (χ0v) is 11.7. The van der Waals surface area contributed by atoms with E-state index in [9.17, 15) is 0 Å². The first-order valence-electron chi connectivity index (χ1n) is 6.45. The van der Waals surface area contributed by atoms with E-state index < -0.39 is 0 Å². The van der Waals surface area contributed by atoms with E-state index in [4.69, 9.17) is 5.84 Å². The van der Waals surface area contributed by atoms with Crippen LogP contribution in [-0.2, 0) is 19.9 Å². The Hall–Kier alpha value is -1.72. The first kappa shape index (κ1) is 13.7. The summed E-state index contributed by atoms with van der Waals surface area (Å²) in [7, 11) is 1.87. The highest BCUT2D eigenvalue weighted by Crippen LogP contribution is 2.12. The number of nitrogens with two attached hydrogens (primary N) is 1. The van der Waals surface area contributed by atoms with Crippen LogP contribution >= 0.6 is 0 Å². The van der Waals surface area contributed by atoms with Crippen molar-refractivity contribution < 1.29 is 0 Å². The monoisotopic (exact) mass is 259 g/mol. The van der Waals surface area contributed by atoms with Crippen LogP contribution in [0, 0.1) is 13.8 Å². The highest BCUT2D eigenvalue weighted by Gasteiger charge is 2.11. The lowest BCUT2D eigenvalue weighted by atomic mass is 9.99. The van der Waals surface area contributed by atoms with Crippen LogP contribution in [0.3, 0.4) is 0 Å². The molecule has 0 radical (unpaired) electrons. The molecule has 1 atom stereocenters. The van der Waals surface area contributed by atoms with Crippen molar-refractivity contribution in [1.29, 1.82) is 0 Å². The average Bonchev–Trinajstić information content (AvgIpc) is 2.72. The van der Waals surface area contributed by atoms with Crippen molar-refractivity contribution in [3.63, 3.8) is 0 Å². The van der Waals surface area contributed by atoms with Gasteiger partial charge in [0.2, 0.25) is 0 Å². The summed E-state index contributed by atoms with van der Waals surface area (Å²) in [5, 5.41) is 8.03. The van der Waals surface area contributed by atoms with Crippen molar-refractivity contribution in [3.8, 4) is 0 Å². The molecule has 1 heterocycles. The van der Waals surface area contributed by atoms with E-state index in [-0.39, 0.29) is 6.04 Å². The standard InChI is InChI=1S/C14H21N5/c1-10-4-11(2)6-12(5-10)7-13(16-15)8-14-9-19(3)18-17-14/h4-6,9,13,16H,7-8,15H2,1-3H3. The SMILES string of the molecule is Cc1cc(C)cc(CC(Cc2cn(C)nn2)NN)c1. The summed E-state index contributed by atoms with van der Waals surface area (Å²) in [6, 6.07) is 6.75. The van der Waals surface area contributed by atoms with Crippen molar-refractivity contribution in [3.05, 3.63) is 46.8 Å². The van der Waals surface area contributed by atoms with E-state index in [0.29, 0.717) is 0 Å². The van der Waals surface area contributed by atoms with Crippen molar-refractivity contribution in [2.75, 3.05) is 0 Å². The number of aryl methyl sites for hydroxylation is 3. The quantitative estimate of drug-likeness (QED) is 0.622. The van der Waals surface area contributed by atoms with Crippen molar-refractivity contribution >= 4 is 0 Å². The number of hydrazine groups is 1. The van der Waals surface area contributed by atoms with Crippen LogP contribution in [0.4, 0.5) is 0 Å². The molecular weight excluding hydrogens is 238 g/mol. The van der Waals surface area contributed by atoms with Gasteiger partial charge in [-0.2, -0.15) is 0 Å². The van der Waals surface area contributed by atoms with E-state index in [0.717, 1.165) is 18.5 Å². The largest absolute Gasteiger partial charge is 0.271 e. The van der Waals surface area contributed by atoms with Gasteiger partial charge in [-0.25, -0.2) is 0 Å². The lowest BCUT2D eigenvalue weighted by Crippen LogP contribution is -2.38. The van der Waals surface area contributed by atoms with E-state index in [2.05, 4.69) is 47.8 Å². The summed E-state index contributed by atoms with van der Waals surface area (Å²) in [6.45, 7) is 4.23. The Labute approximate surface area is 113 Å². The van der Waals surface area contributed by atoms with Gasteiger partial charge in [0.05, 0.1) is 5.69 Å². The maximum absolute atomic E-state index is 5.65. The molecule has 5 heteroatoms. The van der Waals surface area contributed by atoms with Gasteiger partial charge in [-0.15, -0.1) is 5.10 Å². The molecule has 0 amide bonds. The van der Waals surface area contributed by atoms with Gasteiger partial charge in [-0.3, -0.25) is 16.0 Å². The third kappa shape index (κ3) is 3.87. The highest BCUT2D eigenvalue weighted by molar-refractivity contribution is 5.29. The van der Waals surface area contributed by atoms with Gasteiger partial charge in [0.25, 0.3) is 0 Å². The minimum absolute atomic E-state index is 0.165. The molecule has 0 fully saturated rings. The topological polar surface area (TPSA) is 68.8 Å². The van der Waals surface area contributed by atoms with E-state index in [1.165, 1.54) is 16.7 Å². The molecule has 5 nitrogen and oxygen atoms in total. The summed E-state index contributed by atoms with van der Waals surface area (Å²) >= 11 is 0. The number of aromatic nitrogens is 3. The van der Waals surface area contributed by atoms with Gasteiger partial charge in [-0.1, -0.05) is 34.5 Å². The minimum Gasteiger partial charge on any atom is -0.271 e. The van der Waals surface area contributed by atoms with Crippen molar-refractivity contribution in [1.82, 2.24) is 20.4 Å². The minimum atomic E-state index is 0.165. The van der Waals surface area contributed by atoms with Gasteiger partial charge < -0.3 is 0 Å².